The summed E-state index contributed by atoms with van der Waals surface area (Å²) in [7, 11) is 0. The van der Waals surface area contributed by atoms with Gasteiger partial charge in [0.15, 0.2) is 0 Å². The van der Waals surface area contributed by atoms with E-state index in [1.807, 2.05) is 0 Å². The molecule has 0 saturated heterocycles. The first kappa shape index (κ1) is 14.3. The summed E-state index contributed by atoms with van der Waals surface area (Å²) >= 11 is 1.17. The molecule has 0 radical (unpaired) electrons. The highest BCUT2D eigenvalue weighted by atomic mass is 32.2. The fraction of sp³-hybridized carbons (Fsp3) is 0.0714. The fourth-order valence-electron chi connectivity index (χ4n) is 1.61. The quantitative estimate of drug-likeness (QED) is 0.891. The Kier molecular flexibility index (Phi) is 3.91. The van der Waals surface area contributed by atoms with Gasteiger partial charge < -0.3 is 5.11 Å². The van der Waals surface area contributed by atoms with Crippen molar-refractivity contribution in [3.63, 3.8) is 0 Å². The van der Waals surface area contributed by atoms with Crippen LogP contribution in [0.25, 0.3) is 0 Å². The molecule has 2 aromatic carbocycles. The van der Waals surface area contributed by atoms with Crippen molar-refractivity contribution < 1.29 is 18.3 Å². The minimum atomic E-state index is -4.54. The number of halogens is 3. The minimum Gasteiger partial charge on any atom is -0.508 e. The number of alkyl halides is 3. The van der Waals surface area contributed by atoms with Crippen molar-refractivity contribution in [1.29, 1.82) is 5.26 Å². The maximum atomic E-state index is 12.7. The summed E-state index contributed by atoms with van der Waals surface area (Å²) in [6.45, 7) is 0. The molecule has 0 spiro atoms. The molecule has 2 nitrogen and oxygen atoms in total. The number of phenolic OH excluding ortho intramolecular Hbond substituents is 1. The smallest absolute Gasteiger partial charge is 0.417 e. The molecule has 1 N–H and O–H groups in total. The lowest BCUT2D eigenvalue weighted by Crippen LogP contribution is -2.07. The Bertz CT molecular complexity index is 677. The third-order valence-corrected chi connectivity index (χ3v) is 3.45. The van der Waals surface area contributed by atoms with E-state index in [4.69, 9.17) is 5.26 Å². The molecule has 0 amide bonds. The normalized spacial score (nSPS) is 11.1. The van der Waals surface area contributed by atoms with Crippen LogP contribution >= 0.6 is 11.8 Å². The van der Waals surface area contributed by atoms with Gasteiger partial charge in [0.2, 0.25) is 0 Å². The summed E-state index contributed by atoms with van der Waals surface area (Å²) in [6, 6.07) is 11.3. The summed E-state index contributed by atoms with van der Waals surface area (Å²) in [5.74, 6) is 0.0717. The van der Waals surface area contributed by atoms with Crippen LogP contribution in [0.2, 0.25) is 0 Å². The molecule has 2 aromatic rings. The Morgan fingerprint density at radius 1 is 1.05 bits per heavy atom. The summed E-state index contributed by atoms with van der Waals surface area (Å²) < 4.78 is 38.0. The molecule has 0 aliphatic rings. The van der Waals surface area contributed by atoms with Crippen LogP contribution < -0.4 is 0 Å². The largest absolute Gasteiger partial charge is 0.508 e. The van der Waals surface area contributed by atoms with Crippen LogP contribution in [0.3, 0.4) is 0 Å². The van der Waals surface area contributed by atoms with Gasteiger partial charge >= 0.3 is 6.18 Å². The van der Waals surface area contributed by atoms with Crippen LogP contribution in [0.5, 0.6) is 5.75 Å². The van der Waals surface area contributed by atoms with E-state index in [0.29, 0.717) is 9.79 Å². The Morgan fingerprint density at radius 3 is 2.35 bits per heavy atom. The predicted octanol–water partition coefficient (Wildman–Crippen LogP) is 4.43. The average Bonchev–Trinajstić information content (AvgIpc) is 2.37. The molecule has 2 rings (SSSR count). The lowest BCUT2D eigenvalue weighted by atomic mass is 10.1. The van der Waals surface area contributed by atoms with Crippen molar-refractivity contribution in [1.82, 2.24) is 0 Å². The van der Waals surface area contributed by atoms with E-state index in [-0.39, 0.29) is 5.75 Å². The third-order valence-electron chi connectivity index (χ3n) is 2.47. The molecule has 0 aliphatic heterocycles. The number of nitrogens with zero attached hydrogens (tertiary/aromatic N) is 1. The third kappa shape index (κ3) is 3.25. The first-order valence-corrected chi connectivity index (χ1v) is 6.30. The molecule has 0 fully saturated rings. The van der Waals surface area contributed by atoms with Gasteiger partial charge in [-0.3, -0.25) is 0 Å². The van der Waals surface area contributed by atoms with Crippen molar-refractivity contribution in [3.8, 4) is 11.8 Å². The summed E-state index contributed by atoms with van der Waals surface area (Å²) in [5, 5.41) is 18.1. The molecular weight excluding hydrogens is 287 g/mol. The lowest BCUT2D eigenvalue weighted by Gasteiger charge is -2.10. The predicted molar refractivity (Wildman–Crippen MR) is 68.4 cm³/mol. The number of aromatic hydroxyl groups is 1. The second-order valence-corrected chi connectivity index (χ2v) is 5.06. The molecule has 6 heteroatoms. The van der Waals surface area contributed by atoms with Crippen molar-refractivity contribution in [3.05, 3.63) is 53.6 Å². The van der Waals surface area contributed by atoms with Gasteiger partial charge in [0.05, 0.1) is 17.2 Å². The zero-order valence-corrected chi connectivity index (χ0v) is 10.8. The van der Waals surface area contributed by atoms with Crippen LogP contribution in [0.15, 0.2) is 52.3 Å². The van der Waals surface area contributed by atoms with E-state index in [1.165, 1.54) is 36.0 Å². The van der Waals surface area contributed by atoms with E-state index in [2.05, 4.69) is 0 Å². The molecular formula is C14H8F3NOS. The van der Waals surface area contributed by atoms with Crippen molar-refractivity contribution in [2.24, 2.45) is 0 Å². The minimum absolute atomic E-state index is 0.0717. The number of hydrogen-bond donors (Lipinski definition) is 1. The highest BCUT2D eigenvalue weighted by Crippen LogP contribution is 2.36. The zero-order valence-electron chi connectivity index (χ0n) is 9.98. The van der Waals surface area contributed by atoms with E-state index in [9.17, 15) is 18.3 Å². The first-order valence-electron chi connectivity index (χ1n) is 5.48. The molecule has 102 valence electrons. The average molecular weight is 295 g/mol. The van der Waals surface area contributed by atoms with Crippen LogP contribution in [-0.2, 0) is 6.18 Å². The van der Waals surface area contributed by atoms with Crippen LogP contribution in [-0.4, -0.2) is 5.11 Å². The number of phenols is 1. The second kappa shape index (κ2) is 5.47. The number of rotatable bonds is 2. The van der Waals surface area contributed by atoms with E-state index in [0.717, 1.165) is 6.07 Å². The summed E-state index contributed by atoms with van der Waals surface area (Å²) in [5.41, 5.74) is -1.36. The van der Waals surface area contributed by atoms with Gasteiger partial charge in [-0.15, -0.1) is 0 Å². The van der Waals surface area contributed by atoms with Gasteiger partial charge in [-0.2, -0.15) is 18.4 Å². The maximum Gasteiger partial charge on any atom is 0.417 e. The van der Waals surface area contributed by atoms with Crippen LogP contribution in [0.4, 0.5) is 13.2 Å². The Hall–Kier alpha value is -2.13. The maximum absolute atomic E-state index is 12.7. The number of hydrogen-bond acceptors (Lipinski definition) is 3. The summed E-state index contributed by atoms with van der Waals surface area (Å²) in [6.07, 6.45) is -4.54. The van der Waals surface area contributed by atoms with Gasteiger partial charge in [-0.1, -0.05) is 17.8 Å². The van der Waals surface area contributed by atoms with Crippen LogP contribution in [0, 0.1) is 11.3 Å². The van der Waals surface area contributed by atoms with E-state index >= 15 is 0 Å². The summed E-state index contributed by atoms with van der Waals surface area (Å²) in [4.78, 5) is 1.17. The lowest BCUT2D eigenvalue weighted by molar-refractivity contribution is -0.137. The standard InChI is InChI=1S/C14H8F3NOS/c15-14(16,17)13-5-4-12(6-9(13)8-18)20-11-3-1-2-10(19)7-11/h1-7,19H. The second-order valence-electron chi connectivity index (χ2n) is 3.92. The van der Waals surface area contributed by atoms with Crippen molar-refractivity contribution in [2.45, 2.75) is 16.0 Å². The van der Waals surface area contributed by atoms with Gasteiger partial charge in [-0.05, 0) is 36.4 Å². The molecule has 0 unspecified atom stereocenters. The Morgan fingerprint density at radius 2 is 1.75 bits per heavy atom. The van der Waals surface area contributed by atoms with E-state index < -0.39 is 17.3 Å². The SMILES string of the molecule is N#Cc1cc(Sc2cccc(O)c2)ccc1C(F)(F)F. The zero-order chi connectivity index (χ0) is 14.8. The first-order chi connectivity index (χ1) is 9.40. The highest BCUT2D eigenvalue weighted by Gasteiger charge is 2.33. The van der Waals surface area contributed by atoms with Gasteiger partial charge in [0.25, 0.3) is 0 Å². The van der Waals surface area contributed by atoms with Crippen molar-refractivity contribution in [2.75, 3.05) is 0 Å². The molecule has 0 aromatic heterocycles. The molecule has 0 aliphatic carbocycles. The molecule has 0 atom stereocenters. The Labute approximate surface area is 117 Å². The van der Waals surface area contributed by atoms with Gasteiger partial charge in [0.1, 0.15) is 5.75 Å². The fourth-order valence-corrected chi connectivity index (χ4v) is 2.52. The number of nitriles is 1. The Balaban J connectivity index is 2.34. The molecule has 0 bridgehead atoms. The topological polar surface area (TPSA) is 44.0 Å². The monoisotopic (exact) mass is 295 g/mol. The van der Waals surface area contributed by atoms with Crippen LogP contribution in [0.1, 0.15) is 11.1 Å². The molecule has 20 heavy (non-hydrogen) atoms. The molecule has 0 heterocycles. The highest BCUT2D eigenvalue weighted by molar-refractivity contribution is 7.99. The molecule has 0 saturated carbocycles. The van der Waals surface area contributed by atoms with Gasteiger partial charge in [-0.25, -0.2) is 0 Å². The number of benzene rings is 2. The van der Waals surface area contributed by atoms with Gasteiger partial charge in [0, 0.05) is 9.79 Å². The van der Waals surface area contributed by atoms with E-state index in [1.54, 1.807) is 18.2 Å². The van der Waals surface area contributed by atoms with Crippen molar-refractivity contribution >= 4 is 11.8 Å².